The van der Waals surface area contributed by atoms with Crippen LogP contribution in [0.4, 0.5) is 5.82 Å². The lowest BCUT2D eigenvalue weighted by Crippen LogP contribution is -2.21. The Morgan fingerprint density at radius 2 is 2.08 bits per heavy atom. The van der Waals surface area contributed by atoms with E-state index in [0.29, 0.717) is 27.4 Å². The third kappa shape index (κ3) is 2.89. The number of nitrogen functional groups attached to an aromatic ring is 1. The Labute approximate surface area is 153 Å². The van der Waals surface area contributed by atoms with Crippen LogP contribution in [0.2, 0.25) is 5.02 Å². The SMILES string of the molecule is NNc1ncnc2c1cnn2[C@@H]1O[C@H]([C@H](O)c2ccc(Cl)cc2)C[C@H]1O. The molecule has 3 aromatic rings. The summed E-state index contributed by atoms with van der Waals surface area (Å²) in [6.07, 6.45) is 0.0204. The van der Waals surface area contributed by atoms with E-state index in [1.807, 2.05) is 0 Å². The lowest BCUT2D eigenvalue weighted by atomic mass is 10.0. The first kappa shape index (κ1) is 17.1. The van der Waals surface area contributed by atoms with Gasteiger partial charge >= 0.3 is 0 Å². The highest BCUT2D eigenvalue weighted by Crippen LogP contribution is 2.37. The number of anilines is 1. The highest BCUT2D eigenvalue weighted by atomic mass is 35.5. The van der Waals surface area contributed by atoms with Crippen molar-refractivity contribution in [1.29, 1.82) is 0 Å². The zero-order valence-corrected chi connectivity index (χ0v) is 14.3. The number of fused-ring (bicyclic) bond motifs is 1. The van der Waals surface area contributed by atoms with Gasteiger partial charge in [-0.25, -0.2) is 20.5 Å². The minimum Gasteiger partial charge on any atom is -0.388 e. The van der Waals surface area contributed by atoms with Crippen molar-refractivity contribution in [1.82, 2.24) is 19.7 Å². The Balaban J connectivity index is 1.60. The summed E-state index contributed by atoms with van der Waals surface area (Å²) in [5, 5.41) is 26.5. The van der Waals surface area contributed by atoms with Crippen LogP contribution in [0.25, 0.3) is 11.0 Å². The number of aliphatic hydroxyl groups is 2. The molecular weight excluding hydrogens is 360 g/mol. The Morgan fingerprint density at radius 1 is 1.31 bits per heavy atom. The number of hydrogen-bond acceptors (Lipinski definition) is 8. The molecule has 9 nitrogen and oxygen atoms in total. The molecule has 0 radical (unpaired) electrons. The number of rotatable bonds is 4. The maximum absolute atomic E-state index is 10.6. The number of aliphatic hydroxyl groups excluding tert-OH is 2. The Hall–Kier alpha value is -2.30. The predicted molar refractivity (Wildman–Crippen MR) is 94.1 cm³/mol. The molecule has 0 bridgehead atoms. The highest BCUT2D eigenvalue weighted by molar-refractivity contribution is 6.30. The molecule has 10 heteroatoms. The van der Waals surface area contributed by atoms with Crippen molar-refractivity contribution in [3.8, 4) is 0 Å². The first-order valence-electron chi connectivity index (χ1n) is 8.00. The summed E-state index contributed by atoms with van der Waals surface area (Å²) in [5.41, 5.74) is 3.61. The van der Waals surface area contributed by atoms with Crippen molar-refractivity contribution >= 4 is 28.5 Å². The zero-order valence-electron chi connectivity index (χ0n) is 13.5. The molecule has 4 rings (SSSR count). The van der Waals surface area contributed by atoms with Crippen LogP contribution in [0, 0.1) is 0 Å². The van der Waals surface area contributed by atoms with Crippen LogP contribution >= 0.6 is 11.6 Å². The lowest BCUT2D eigenvalue weighted by molar-refractivity contribution is -0.0800. The second-order valence-electron chi connectivity index (χ2n) is 6.06. The van der Waals surface area contributed by atoms with E-state index in [4.69, 9.17) is 22.2 Å². The molecule has 1 aliphatic rings. The fourth-order valence-corrected chi connectivity index (χ4v) is 3.27. The van der Waals surface area contributed by atoms with Crippen LogP contribution in [0.3, 0.4) is 0 Å². The fourth-order valence-electron chi connectivity index (χ4n) is 3.14. The molecule has 1 saturated heterocycles. The van der Waals surface area contributed by atoms with Crippen LogP contribution in [0.15, 0.2) is 36.8 Å². The molecule has 4 atom stereocenters. The van der Waals surface area contributed by atoms with Gasteiger partial charge in [0.1, 0.15) is 18.5 Å². The van der Waals surface area contributed by atoms with Crippen LogP contribution in [0.1, 0.15) is 24.3 Å². The van der Waals surface area contributed by atoms with Crippen LogP contribution in [0.5, 0.6) is 0 Å². The molecule has 3 heterocycles. The minimum atomic E-state index is -0.898. The fraction of sp³-hybridized carbons (Fsp3) is 0.312. The maximum atomic E-state index is 10.6. The number of hydrazine groups is 1. The molecule has 0 saturated carbocycles. The summed E-state index contributed by atoms with van der Waals surface area (Å²) in [5.74, 6) is 5.86. The third-order valence-electron chi connectivity index (χ3n) is 4.45. The predicted octanol–water partition coefficient (Wildman–Crippen LogP) is 1.15. The van der Waals surface area contributed by atoms with Gasteiger partial charge in [0.2, 0.25) is 0 Å². The zero-order chi connectivity index (χ0) is 18.3. The Morgan fingerprint density at radius 3 is 2.81 bits per heavy atom. The molecule has 0 aliphatic carbocycles. The molecule has 2 aromatic heterocycles. The molecule has 26 heavy (non-hydrogen) atoms. The van der Waals surface area contributed by atoms with Crippen LogP contribution in [-0.4, -0.2) is 42.2 Å². The van der Waals surface area contributed by atoms with E-state index in [1.54, 1.807) is 30.5 Å². The molecule has 0 spiro atoms. The molecule has 0 unspecified atom stereocenters. The highest BCUT2D eigenvalue weighted by Gasteiger charge is 2.40. The number of nitrogens with one attached hydrogen (secondary N) is 1. The molecule has 5 N–H and O–H groups in total. The van der Waals surface area contributed by atoms with Crippen molar-refractivity contribution < 1.29 is 14.9 Å². The maximum Gasteiger partial charge on any atom is 0.178 e. The average Bonchev–Trinajstić information content (AvgIpc) is 3.24. The minimum absolute atomic E-state index is 0.253. The lowest BCUT2D eigenvalue weighted by Gasteiger charge is -2.19. The van der Waals surface area contributed by atoms with E-state index in [9.17, 15) is 10.2 Å². The van der Waals surface area contributed by atoms with Crippen LogP contribution < -0.4 is 11.3 Å². The summed E-state index contributed by atoms with van der Waals surface area (Å²) >= 11 is 5.88. The molecule has 0 amide bonds. The topological polar surface area (TPSA) is 131 Å². The molecule has 1 aliphatic heterocycles. The van der Waals surface area contributed by atoms with Gasteiger partial charge in [0.05, 0.1) is 17.7 Å². The summed E-state index contributed by atoms with van der Waals surface area (Å²) in [7, 11) is 0. The van der Waals surface area contributed by atoms with Gasteiger partial charge in [0.25, 0.3) is 0 Å². The summed E-state index contributed by atoms with van der Waals surface area (Å²) < 4.78 is 7.37. The van der Waals surface area contributed by atoms with Crippen molar-refractivity contribution in [3.05, 3.63) is 47.4 Å². The average molecular weight is 377 g/mol. The van der Waals surface area contributed by atoms with Crippen molar-refractivity contribution in [3.63, 3.8) is 0 Å². The van der Waals surface area contributed by atoms with Gasteiger partial charge in [0, 0.05) is 11.4 Å². The summed E-state index contributed by atoms with van der Waals surface area (Å²) in [6, 6.07) is 6.85. The quantitative estimate of drug-likeness (QED) is 0.394. The number of nitrogens with zero attached hydrogens (tertiary/aromatic N) is 4. The first-order chi connectivity index (χ1) is 12.6. The van der Waals surface area contributed by atoms with E-state index in [-0.39, 0.29) is 6.42 Å². The Bertz CT molecular complexity index is 918. The molecule has 136 valence electrons. The number of halogens is 1. The smallest absolute Gasteiger partial charge is 0.178 e. The monoisotopic (exact) mass is 376 g/mol. The Kier molecular flexibility index (Phi) is 4.47. The van der Waals surface area contributed by atoms with Gasteiger partial charge in [-0.15, -0.1) is 0 Å². The van der Waals surface area contributed by atoms with Gasteiger partial charge in [-0.3, -0.25) is 0 Å². The third-order valence-corrected chi connectivity index (χ3v) is 4.70. The summed E-state index contributed by atoms with van der Waals surface area (Å²) in [6.45, 7) is 0. The van der Waals surface area contributed by atoms with E-state index in [2.05, 4.69) is 20.5 Å². The number of aromatic nitrogens is 4. The van der Waals surface area contributed by atoms with Crippen molar-refractivity contribution in [2.75, 3.05) is 5.43 Å². The van der Waals surface area contributed by atoms with Gasteiger partial charge in [0.15, 0.2) is 17.7 Å². The van der Waals surface area contributed by atoms with Crippen molar-refractivity contribution in [2.24, 2.45) is 5.84 Å². The van der Waals surface area contributed by atoms with Gasteiger partial charge < -0.3 is 20.4 Å². The van der Waals surface area contributed by atoms with E-state index in [0.717, 1.165) is 0 Å². The van der Waals surface area contributed by atoms with Crippen molar-refractivity contribution in [2.45, 2.75) is 31.0 Å². The van der Waals surface area contributed by atoms with E-state index >= 15 is 0 Å². The number of benzene rings is 1. The summed E-state index contributed by atoms with van der Waals surface area (Å²) in [4.78, 5) is 8.21. The normalized spacial score (nSPS) is 24.1. The molecular formula is C16H17ClN6O3. The number of hydrogen-bond donors (Lipinski definition) is 4. The second kappa shape index (κ2) is 6.78. The molecule has 1 aromatic carbocycles. The first-order valence-corrected chi connectivity index (χ1v) is 8.38. The number of ether oxygens (including phenoxy) is 1. The van der Waals surface area contributed by atoms with Gasteiger partial charge in [-0.2, -0.15) is 5.10 Å². The van der Waals surface area contributed by atoms with Gasteiger partial charge in [-0.05, 0) is 17.7 Å². The number of nitrogens with two attached hydrogens (primary N) is 1. The van der Waals surface area contributed by atoms with Gasteiger partial charge in [-0.1, -0.05) is 23.7 Å². The standard InChI is InChI=1S/C16H17ClN6O3/c17-9-3-1-8(2-4-9)13(25)12-5-11(24)16(26-12)23-15-10(6-21-23)14(22-18)19-7-20-15/h1-4,6-7,11-13,16,24-25H,5,18H2,(H,19,20,22)/t11-,12+,13-,16-/m1/s1. The largest absolute Gasteiger partial charge is 0.388 e. The van der Waals surface area contributed by atoms with E-state index < -0.39 is 24.5 Å². The van der Waals surface area contributed by atoms with Crippen LogP contribution in [-0.2, 0) is 4.74 Å². The molecule has 1 fully saturated rings. The van der Waals surface area contributed by atoms with E-state index in [1.165, 1.54) is 11.0 Å². The second-order valence-corrected chi connectivity index (χ2v) is 6.49.